The number of imide groups is 2. The fourth-order valence-corrected chi connectivity index (χ4v) is 2.68. The third-order valence-electron chi connectivity index (χ3n) is 4.28. The van der Waals surface area contributed by atoms with E-state index >= 15 is 0 Å². The van der Waals surface area contributed by atoms with Crippen LogP contribution in [0.1, 0.15) is 57.5 Å². The first-order valence-corrected chi connectivity index (χ1v) is 9.24. The van der Waals surface area contributed by atoms with Crippen LogP contribution in [-0.2, 0) is 4.79 Å². The van der Waals surface area contributed by atoms with Gasteiger partial charge in [0.15, 0.2) is 0 Å². The number of fused-ring (bicyclic) bond motifs is 2. The van der Waals surface area contributed by atoms with Gasteiger partial charge in [-0.15, -0.1) is 10.2 Å². The summed E-state index contributed by atoms with van der Waals surface area (Å²) in [5.41, 5.74) is 0. The molecule has 0 saturated carbocycles. The number of aliphatic hydroxyl groups is 1. The Balaban J connectivity index is 2.39. The molecule has 5 N–H and O–H groups in total. The maximum Gasteiger partial charge on any atom is 0.329 e. The monoisotopic (exact) mass is 411 g/mol. The van der Waals surface area contributed by atoms with E-state index in [1.807, 2.05) is 17.6 Å². The Kier molecular flexibility index (Phi) is 7.47. The Morgan fingerprint density at radius 1 is 1.00 bits per heavy atom. The van der Waals surface area contributed by atoms with Gasteiger partial charge in [-0.2, -0.15) is 0 Å². The van der Waals surface area contributed by atoms with Crippen LogP contribution in [0, 0.1) is 0 Å². The molecule has 0 saturated heterocycles. The van der Waals surface area contributed by atoms with Crippen LogP contribution in [0.4, 0.5) is 14.4 Å². The second-order valence-corrected chi connectivity index (χ2v) is 6.41. The molecule has 1 aromatic rings. The van der Waals surface area contributed by atoms with E-state index in [1.165, 1.54) is 11.8 Å². The zero-order chi connectivity index (χ0) is 21.6. The van der Waals surface area contributed by atoms with Crippen molar-refractivity contribution < 1.29 is 28.7 Å². The minimum absolute atomic E-state index is 0.0796. The number of carbonyl (C=O) groups is 4. The highest BCUT2D eigenvalue weighted by Crippen LogP contribution is 2.19. The summed E-state index contributed by atoms with van der Waals surface area (Å²) in [4.78, 5) is 50.3. The normalized spacial score (nSPS) is 24.0. The molecule has 2 bridgehead atoms. The first kappa shape index (κ1) is 22.1. The highest BCUT2D eigenvalue weighted by molar-refractivity contribution is 6.03. The quantitative estimate of drug-likeness (QED) is 0.456. The van der Waals surface area contributed by atoms with Crippen LogP contribution >= 0.6 is 0 Å². The second-order valence-electron chi connectivity index (χ2n) is 6.41. The molecule has 29 heavy (non-hydrogen) atoms. The summed E-state index contributed by atoms with van der Waals surface area (Å²) in [6.45, 7) is 4.75. The van der Waals surface area contributed by atoms with Gasteiger partial charge >= 0.3 is 18.1 Å². The van der Waals surface area contributed by atoms with E-state index in [1.54, 1.807) is 6.92 Å². The van der Waals surface area contributed by atoms with Crippen molar-refractivity contribution in [3.8, 4) is 0 Å². The van der Waals surface area contributed by atoms with E-state index in [4.69, 9.17) is 4.42 Å². The Morgan fingerprint density at radius 2 is 1.66 bits per heavy atom. The predicted molar refractivity (Wildman–Crippen MR) is 97.4 cm³/mol. The van der Waals surface area contributed by atoms with E-state index in [0.29, 0.717) is 12.8 Å². The molecule has 0 fully saturated rings. The summed E-state index contributed by atoms with van der Waals surface area (Å²) in [6.07, 6.45) is 0.976. The molecule has 13 heteroatoms. The van der Waals surface area contributed by atoms with Gasteiger partial charge in [0.25, 0.3) is 5.91 Å². The highest BCUT2D eigenvalue weighted by Gasteiger charge is 2.31. The van der Waals surface area contributed by atoms with E-state index in [-0.39, 0.29) is 18.3 Å². The van der Waals surface area contributed by atoms with Gasteiger partial charge in [-0.25, -0.2) is 14.4 Å². The minimum atomic E-state index is -1.09. The fourth-order valence-electron chi connectivity index (χ4n) is 2.68. The average molecular weight is 411 g/mol. The van der Waals surface area contributed by atoms with E-state index in [0.717, 1.165) is 0 Å². The number of nitrogens with one attached hydrogen (secondary N) is 4. The molecule has 7 amide bonds. The third kappa shape index (κ3) is 5.40. The second kappa shape index (κ2) is 9.82. The van der Waals surface area contributed by atoms with Crippen molar-refractivity contribution in [2.45, 2.75) is 51.7 Å². The van der Waals surface area contributed by atoms with Crippen molar-refractivity contribution in [2.24, 2.45) is 0 Å². The number of carbonyl (C=O) groups excluding carboxylic acids is 4. The molecule has 1 aliphatic heterocycles. The van der Waals surface area contributed by atoms with Crippen LogP contribution in [0.2, 0.25) is 0 Å². The molecule has 0 aromatic carbocycles. The van der Waals surface area contributed by atoms with Gasteiger partial charge in [-0.3, -0.25) is 15.4 Å². The SMILES string of the molecule is CCCN1C(=O)NC(CC)c2nnc(o2)[C@H](CO)NC(=O)NC(=O)NC(=O)[C@@H]1C. The molecule has 2 rings (SSSR count). The molecule has 1 unspecified atom stereocenters. The smallest absolute Gasteiger partial charge is 0.329 e. The van der Waals surface area contributed by atoms with Crippen LogP contribution in [0.15, 0.2) is 4.42 Å². The van der Waals surface area contributed by atoms with E-state index < -0.39 is 48.7 Å². The molecular formula is C16H25N7O6. The molecule has 160 valence electrons. The Hall–Kier alpha value is -3.22. The summed E-state index contributed by atoms with van der Waals surface area (Å²) in [5, 5.41) is 26.1. The zero-order valence-corrected chi connectivity index (χ0v) is 16.4. The lowest BCUT2D eigenvalue weighted by Gasteiger charge is -2.29. The molecule has 3 atom stereocenters. The lowest BCUT2D eigenvalue weighted by molar-refractivity contribution is -0.123. The number of hydrogen-bond donors (Lipinski definition) is 5. The van der Waals surface area contributed by atoms with Crippen LogP contribution in [0.25, 0.3) is 0 Å². The Labute approximate surface area is 166 Å². The van der Waals surface area contributed by atoms with Crippen LogP contribution in [-0.4, -0.2) is 63.4 Å². The first-order valence-electron chi connectivity index (χ1n) is 9.24. The predicted octanol–water partition coefficient (Wildman–Crippen LogP) is -0.0868. The van der Waals surface area contributed by atoms with E-state index in [9.17, 15) is 24.3 Å². The van der Waals surface area contributed by atoms with E-state index in [2.05, 4.69) is 20.8 Å². The number of hydrogen-bond acceptors (Lipinski definition) is 8. The van der Waals surface area contributed by atoms with Gasteiger partial charge < -0.3 is 25.1 Å². The Morgan fingerprint density at radius 3 is 2.24 bits per heavy atom. The average Bonchev–Trinajstić information content (AvgIpc) is 3.16. The van der Waals surface area contributed by atoms with Gasteiger partial charge in [-0.1, -0.05) is 13.8 Å². The Bertz CT molecular complexity index is 767. The molecule has 0 spiro atoms. The van der Waals surface area contributed by atoms with Crippen LogP contribution in [0.3, 0.4) is 0 Å². The maximum atomic E-state index is 12.8. The summed E-state index contributed by atoms with van der Waals surface area (Å²) in [7, 11) is 0. The number of rotatable bonds is 4. The minimum Gasteiger partial charge on any atom is -0.421 e. The summed E-state index contributed by atoms with van der Waals surface area (Å²) < 4.78 is 5.51. The number of nitrogens with zero attached hydrogens (tertiary/aromatic N) is 3. The van der Waals surface area contributed by atoms with Crippen molar-refractivity contribution in [2.75, 3.05) is 13.2 Å². The molecular weight excluding hydrogens is 386 g/mol. The van der Waals surface area contributed by atoms with Crippen molar-refractivity contribution in [1.82, 2.24) is 36.4 Å². The van der Waals surface area contributed by atoms with Gasteiger partial charge in [0, 0.05) is 6.54 Å². The lowest BCUT2D eigenvalue weighted by atomic mass is 10.2. The molecule has 0 radical (unpaired) electrons. The summed E-state index contributed by atoms with van der Waals surface area (Å²) >= 11 is 0. The standard InChI is InChI=1S/C16H25N7O6/c1-4-6-23-8(3)11(25)19-15(27)20-14(26)17-10(7-24)13-22-21-12(29-13)9(5-2)18-16(23)28/h8-10,24H,4-7H2,1-3H3,(H,18,28)(H3,17,19,20,25,26,27)/t8-,9?,10-/m0/s1. The maximum absolute atomic E-state index is 12.8. The lowest BCUT2D eigenvalue weighted by Crippen LogP contribution is -2.55. The van der Waals surface area contributed by atoms with Crippen molar-refractivity contribution in [3.63, 3.8) is 0 Å². The molecule has 2 heterocycles. The van der Waals surface area contributed by atoms with Gasteiger partial charge in [-0.05, 0) is 19.8 Å². The molecule has 1 aromatic heterocycles. The number of aliphatic hydroxyl groups excluding tert-OH is 1. The third-order valence-corrected chi connectivity index (χ3v) is 4.28. The summed E-state index contributed by atoms with van der Waals surface area (Å²) in [5.74, 6) is -0.786. The molecule has 0 aliphatic carbocycles. The van der Waals surface area contributed by atoms with Gasteiger partial charge in [0.05, 0.1) is 6.61 Å². The largest absolute Gasteiger partial charge is 0.421 e. The van der Waals surface area contributed by atoms with Crippen molar-refractivity contribution in [3.05, 3.63) is 11.8 Å². The highest BCUT2D eigenvalue weighted by atomic mass is 16.4. The molecule has 13 nitrogen and oxygen atoms in total. The van der Waals surface area contributed by atoms with Crippen LogP contribution < -0.4 is 21.3 Å². The van der Waals surface area contributed by atoms with Crippen molar-refractivity contribution in [1.29, 1.82) is 0 Å². The molecule has 1 aliphatic rings. The topological polar surface area (TPSA) is 179 Å². The number of aromatic nitrogens is 2. The number of amides is 7. The van der Waals surface area contributed by atoms with Crippen LogP contribution in [0.5, 0.6) is 0 Å². The zero-order valence-electron chi connectivity index (χ0n) is 16.4. The number of urea groups is 3. The van der Waals surface area contributed by atoms with Gasteiger partial charge in [0.1, 0.15) is 18.1 Å². The summed E-state index contributed by atoms with van der Waals surface area (Å²) in [6, 6.07) is -5.35. The van der Waals surface area contributed by atoms with Crippen molar-refractivity contribution >= 4 is 24.0 Å². The van der Waals surface area contributed by atoms with Gasteiger partial charge in [0.2, 0.25) is 11.8 Å². The first-order chi connectivity index (χ1) is 13.8. The fraction of sp³-hybridized carbons (Fsp3) is 0.625.